The molecule has 0 spiro atoms. The van der Waals surface area contributed by atoms with Crippen molar-refractivity contribution in [3.63, 3.8) is 0 Å². The lowest BCUT2D eigenvalue weighted by Gasteiger charge is -2.25. The molecule has 0 aliphatic carbocycles. The van der Waals surface area contributed by atoms with Crippen molar-refractivity contribution in [3.05, 3.63) is 53.3 Å². The number of β-amino-alcohol motifs (C(OH)–C–C–N with tert-alkyl or cyclic N) is 1. The van der Waals surface area contributed by atoms with Crippen LogP contribution in [0.3, 0.4) is 0 Å². The first-order valence-corrected chi connectivity index (χ1v) is 7.26. The van der Waals surface area contributed by atoms with Gasteiger partial charge in [0.15, 0.2) is 0 Å². The second-order valence-corrected chi connectivity index (χ2v) is 5.68. The molecule has 7 heteroatoms. The van der Waals surface area contributed by atoms with Crippen LogP contribution in [-0.2, 0) is 6.18 Å². The van der Waals surface area contributed by atoms with Crippen molar-refractivity contribution in [3.8, 4) is 0 Å². The van der Waals surface area contributed by atoms with Crippen LogP contribution >= 0.6 is 0 Å². The summed E-state index contributed by atoms with van der Waals surface area (Å²) in [5.41, 5.74) is 0.571. The van der Waals surface area contributed by atoms with Crippen LogP contribution in [-0.4, -0.2) is 27.7 Å². The molecular weight excluding hydrogens is 307 g/mol. The molecule has 0 saturated carbocycles. The summed E-state index contributed by atoms with van der Waals surface area (Å²) in [7, 11) is 0. The smallest absolute Gasteiger partial charge is 0.391 e. The molecule has 23 heavy (non-hydrogen) atoms. The standard InChI is InChI=1S/C16H16F3N3O/c1-10-5-6-20-15(21-10)22-9-13(23)8-14(22)11-3-2-4-12(7-11)16(17,18)19/h2-7,13-14,23H,8-9H2,1H3/t13-,14+/m0/s1. The number of aromatic nitrogens is 2. The van der Waals surface area contributed by atoms with Crippen molar-refractivity contribution >= 4 is 5.95 Å². The minimum Gasteiger partial charge on any atom is -0.391 e. The van der Waals surface area contributed by atoms with Gasteiger partial charge in [0.1, 0.15) is 0 Å². The topological polar surface area (TPSA) is 49.2 Å². The summed E-state index contributed by atoms with van der Waals surface area (Å²) in [5.74, 6) is 0.420. The van der Waals surface area contributed by atoms with Crippen LogP contribution in [0, 0.1) is 6.92 Å². The summed E-state index contributed by atoms with van der Waals surface area (Å²) in [6.45, 7) is 2.11. The molecule has 0 radical (unpaired) electrons. The number of hydrogen-bond acceptors (Lipinski definition) is 4. The summed E-state index contributed by atoms with van der Waals surface area (Å²) in [6, 6.07) is 6.57. The van der Waals surface area contributed by atoms with Crippen molar-refractivity contribution in [2.75, 3.05) is 11.4 Å². The van der Waals surface area contributed by atoms with Gasteiger partial charge in [0.25, 0.3) is 0 Å². The van der Waals surface area contributed by atoms with Gasteiger partial charge in [-0.15, -0.1) is 0 Å². The molecule has 1 aromatic carbocycles. The van der Waals surface area contributed by atoms with E-state index in [-0.39, 0.29) is 6.04 Å². The summed E-state index contributed by atoms with van der Waals surface area (Å²) >= 11 is 0. The van der Waals surface area contributed by atoms with E-state index in [1.54, 1.807) is 23.2 Å². The van der Waals surface area contributed by atoms with Gasteiger partial charge in [0.05, 0.1) is 17.7 Å². The quantitative estimate of drug-likeness (QED) is 0.922. The molecule has 0 bridgehead atoms. The predicted octanol–water partition coefficient (Wildman–Crippen LogP) is 3.12. The number of nitrogens with zero attached hydrogens (tertiary/aromatic N) is 3. The third kappa shape index (κ3) is 3.29. The molecule has 1 saturated heterocycles. The number of benzene rings is 1. The Morgan fingerprint density at radius 1 is 1.26 bits per heavy atom. The lowest BCUT2D eigenvalue weighted by Crippen LogP contribution is -2.26. The third-order valence-electron chi connectivity index (χ3n) is 3.92. The molecular formula is C16H16F3N3O. The number of hydrogen-bond donors (Lipinski definition) is 1. The van der Waals surface area contributed by atoms with E-state index in [2.05, 4.69) is 9.97 Å². The van der Waals surface area contributed by atoms with Gasteiger partial charge in [-0.3, -0.25) is 0 Å². The van der Waals surface area contributed by atoms with Crippen molar-refractivity contribution in [1.29, 1.82) is 0 Å². The number of alkyl halides is 3. The second kappa shape index (κ2) is 5.81. The normalized spacial score (nSPS) is 21.7. The highest BCUT2D eigenvalue weighted by Crippen LogP contribution is 2.37. The van der Waals surface area contributed by atoms with E-state index in [0.29, 0.717) is 24.5 Å². The van der Waals surface area contributed by atoms with Crippen LogP contribution in [0.25, 0.3) is 0 Å². The highest BCUT2D eigenvalue weighted by molar-refractivity contribution is 5.41. The Hall–Kier alpha value is -2.15. The monoisotopic (exact) mass is 323 g/mol. The van der Waals surface area contributed by atoms with Gasteiger partial charge >= 0.3 is 6.18 Å². The highest BCUT2D eigenvalue weighted by Gasteiger charge is 2.36. The van der Waals surface area contributed by atoms with Crippen LogP contribution in [0.5, 0.6) is 0 Å². The molecule has 0 amide bonds. The van der Waals surface area contributed by atoms with Gasteiger partial charge in [0.2, 0.25) is 5.95 Å². The molecule has 4 nitrogen and oxygen atoms in total. The molecule has 1 aliphatic rings. The van der Waals surface area contributed by atoms with Crippen molar-refractivity contribution in [2.24, 2.45) is 0 Å². The second-order valence-electron chi connectivity index (χ2n) is 5.68. The fourth-order valence-corrected chi connectivity index (χ4v) is 2.85. The highest BCUT2D eigenvalue weighted by atomic mass is 19.4. The molecule has 1 aromatic heterocycles. The first kappa shape index (κ1) is 15.7. The lowest BCUT2D eigenvalue weighted by atomic mass is 10.0. The average Bonchev–Trinajstić information content (AvgIpc) is 2.89. The number of aryl methyl sites for hydroxylation is 1. The molecule has 1 N–H and O–H groups in total. The van der Waals surface area contributed by atoms with E-state index >= 15 is 0 Å². The van der Waals surface area contributed by atoms with Crippen LogP contribution < -0.4 is 4.90 Å². The van der Waals surface area contributed by atoms with Crippen LogP contribution in [0.4, 0.5) is 19.1 Å². The van der Waals surface area contributed by atoms with E-state index in [0.717, 1.165) is 17.8 Å². The van der Waals surface area contributed by atoms with Gasteiger partial charge in [-0.25, -0.2) is 9.97 Å². The summed E-state index contributed by atoms with van der Waals surface area (Å²) in [5, 5.41) is 9.97. The van der Waals surface area contributed by atoms with E-state index in [1.807, 2.05) is 6.92 Å². The molecule has 3 rings (SSSR count). The zero-order valence-electron chi connectivity index (χ0n) is 12.5. The van der Waals surface area contributed by atoms with Gasteiger partial charge in [-0.05, 0) is 37.1 Å². The third-order valence-corrected chi connectivity index (χ3v) is 3.92. The Labute approximate surface area is 131 Å². The fraction of sp³-hybridized carbons (Fsp3) is 0.375. The summed E-state index contributed by atoms with van der Waals surface area (Å²) in [4.78, 5) is 10.3. The number of aliphatic hydroxyl groups excluding tert-OH is 1. The van der Waals surface area contributed by atoms with Crippen molar-refractivity contribution in [2.45, 2.75) is 31.7 Å². The van der Waals surface area contributed by atoms with Gasteiger partial charge in [0, 0.05) is 18.4 Å². The maximum Gasteiger partial charge on any atom is 0.416 e. The maximum absolute atomic E-state index is 12.9. The van der Waals surface area contributed by atoms with Gasteiger partial charge in [-0.2, -0.15) is 13.2 Å². The minimum atomic E-state index is -4.39. The SMILES string of the molecule is Cc1ccnc(N2C[C@@H](O)C[C@@H]2c2cccc(C(F)(F)F)c2)n1. The van der Waals surface area contributed by atoms with E-state index in [1.165, 1.54) is 6.07 Å². The van der Waals surface area contributed by atoms with Crippen LogP contribution in [0.1, 0.15) is 29.3 Å². The lowest BCUT2D eigenvalue weighted by molar-refractivity contribution is -0.137. The van der Waals surface area contributed by atoms with Crippen LogP contribution in [0.2, 0.25) is 0 Å². The Morgan fingerprint density at radius 3 is 2.74 bits per heavy atom. The Kier molecular flexibility index (Phi) is 3.97. The summed E-state index contributed by atoms with van der Waals surface area (Å²) in [6.07, 6.45) is -3.07. The molecule has 2 atom stereocenters. The van der Waals surface area contributed by atoms with Gasteiger partial charge < -0.3 is 10.0 Å². The molecule has 1 aliphatic heterocycles. The van der Waals surface area contributed by atoms with Crippen LogP contribution in [0.15, 0.2) is 36.5 Å². The van der Waals surface area contributed by atoms with E-state index in [9.17, 15) is 18.3 Å². The maximum atomic E-state index is 12.9. The Bertz CT molecular complexity index is 705. The number of rotatable bonds is 2. The number of aliphatic hydroxyl groups is 1. The average molecular weight is 323 g/mol. The first-order valence-electron chi connectivity index (χ1n) is 7.26. The predicted molar refractivity (Wildman–Crippen MR) is 78.9 cm³/mol. The molecule has 122 valence electrons. The largest absolute Gasteiger partial charge is 0.416 e. The molecule has 2 aromatic rings. The molecule has 2 heterocycles. The first-order chi connectivity index (χ1) is 10.8. The summed E-state index contributed by atoms with van der Waals surface area (Å²) < 4.78 is 38.8. The van der Waals surface area contributed by atoms with E-state index < -0.39 is 17.8 Å². The van der Waals surface area contributed by atoms with E-state index in [4.69, 9.17) is 0 Å². The number of anilines is 1. The van der Waals surface area contributed by atoms with Crippen molar-refractivity contribution in [1.82, 2.24) is 9.97 Å². The minimum absolute atomic E-state index is 0.296. The molecule has 0 unspecified atom stereocenters. The van der Waals surface area contributed by atoms with Gasteiger partial charge in [-0.1, -0.05) is 12.1 Å². The zero-order valence-corrected chi connectivity index (χ0v) is 12.5. The number of halogens is 3. The Balaban J connectivity index is 1.97. The zero-order chi connectivity index (χ0) is 16.6. The van der Waals surface area contributed by atoms with Crippen molar-refractivity contribution < 1.29 is 18.3 Å². The Morgan fingerprint density at radius 2 is 2.04 bits per heavy atom. The molecule has 1 fully saturated rings. The fourth-order valence-electron chi connectivity index (χ4n) is 2.85.